The predicted molar refractivity (Wildman–Crippen MR) is 73.2 cm³/mol. The van der Waals surface area contributed by atoms with Gasteiger partial charge in [0.1, 0.15) is 5.82 Å². The normalized spacial score (nSPS) is 19.9. The van der Waals surface area contributed by atoms with E-state index in [9.17, 15) is 13.2 Å². The van der Waals surface area contributed by atoms with Crippen LogP contribution in [-0.4, -0.2) is 24.9 Å². The third-order valence-corrected chi connectivity index (χ3v) is 3.94. The van der Waals surface area contributed by atoms with Crippen LogP contribution in [0.15, 0.2) is 6.07 Å². The fourth-order valence-corrected chi connectivity index (χ4v) is 2.04. The van der Waals surface area contributed by atoms with Crippen LogP contribution in [0.4, 0.5) is 13.2 Å². The van der Waals surface area contributed by atoms with Crippen LogP contribution in [0, 0.1) is 17.5 Å². The Morgan fingerprint density at radius 1 is 1.05 bits per heavy atom. The summed E-state index contributed by atoms with van der Waals surface area (Å²) >= 11 is 0. The van der Waals surface area contributed by atoms with Crippen molar-refractivity contribution in [3.63, 3.8) is 0 Å². The van der Waals surface area contributed by atoms with Gasteiger partial charge in [-0.1, -0.05) is 0 Å². The molecule has 7 heteroatoms. The molecule has 0 unspecified atom stereocenters. The van der Waals surface area contributed by atoms with Crippen molar-refractivity contribution in [1.29, 1.82) is 0 Å². The van der Waals surface area contributed by atoms with Gasteiger partial charge in [0.25, 0.3) is 0 Å². The second-order valence-corrected chi connectivity index (χ2v) is 5.92. The molecule has 1 saturated heterocycles. The van der Waals surface area contributed by atoms with Crippen molar-refractivity contribution in [3.05, 3.63) is 23.5 Å². The minimum absolute atomic E-state index is 0.0578. The number of ether oxygens (including phenoxy) is 1. The Labute approximate surface area is 122 Å². The average molecular weight is 302 g/mol. The van der Waals surface area contributed by atoms with Crippen LogP contribution >= 0.6 is 0 Å². The molecule has 3 nitrogen and oxygen atoms in total. The van der Waals surface area contributed by atoms with Crippen molar-refractivity contribution < 1.29 is 27.2 Å². The molecule has 21 heavy (non-hydrogen) atoms. The van der Waals surface area contributed by atoms with Gasteiger partial charge in [0.15, 0.2) is 17.4 Å². The summed E-state index contributed by atoms with van der Waals surface area (Å²) in [6.07, 6.45) is 0. The lowest BCUT2D eigenvalue weighted by Crippen LogP contribution is -2.41. The Kier molecular flexibility index (Phi) is 4.01. The first-order valence-corrected chi connectivity index (χ1v) is 6.76. The summed E-state index contributed by atoms with van der Waals surface area (Å²) in [7, 11) is -1.25. The van der Waals surface area contributed by atoms with E-state index in [0.29, 0.717) is 6.07 Å². The number of rotatable bonds is 3. The minimum Gasteiger partial charge on any atom is -0.488 e. The van der Waals surface area contributed by atoms with E-state index in [2.05, 4.69) is 0 Å². The van der Waals surface area contributed by atoms with E-state index >= 15 is 0 Å². The molecule has 116 valence electrons. The summed E-state index contributed by atoms with van der Waals surface area (Å²) in [4.78, 5) is 0. The molecule has 0 atom stereocenters. The van der Waals surface area contributed by atoms with Gasteiger partial charge < -0.3 is 14.0 Å². The molecular formula is C14H18BF3O3. The molecule has 1 aliphatic rings. The highest BCUT2D eigenvalue weighted by Gasteiger charge is 2.53. The van der Waals surface area contributed by atoms with Gasteiger partial charge in [-0.15, -0.1) is 0 Å². The average Bonchev–Trinajstić information content (AvgIpc) is 2.53. The first-order chi connectivity index (χ1) is 9.60. The molecule has 0 radical (unpaired) electrons. The maximum atomic E-state index is 14.4. The number of hydrogen-bond donors (Lipinski definition) is 0. The van der Waals surface area contributed by atoms with Crippen LogP contribution in [-0.2, 0) is 9.31 Å². The van der Waals surface area contributed by atoms with Crippen LogP contribution in [0.3, 0.4) is 0 Å². The monoisotopic (exact) mass is 302 g/mol. The summed E-state index contributed by atoms with van der Waals surface area (Å²) in [6.45, 7) is 8.68. The number of hydrogen-bond acceptors (Lipinski definition) is 3. The first kappa shape index (κ1) is 16.2. The molecule has 1 heterocycles. The lowest BCUT2D eigenvalue weighted by atomic mass is 9.78. The Balaban J connectivity index is 2.48. The van der Waals surface area contributed by atoms with Crippen LogP contribution in [0.2, 0.25) is 0 Å². The van der Waals surface area contributed by atoms with Crippen molar-refractivity contribution >= 4 is 12.6 Å². The van der Waals surface area contributed by atoms with Crippen LogP contribution in [0.1, 0.15) is 34.6 Å². The summed E-state index contributed by atoms with van der Waals surface area (Å²) in [5, 5.41) is 0. The van der Waals surface area contributed by atoms with E-state index in [1.165, 1.54) is 0 Å². The van der Waals surface area contributed by atoms with Gasteiger partial charge in [-0.3, -0.25) is 0 Å². The zero-order chi connectivity index (χ0) is 16.0. The summed E-state index contributed by atoms with van der Waals surface area (Å²) in [5.74, 6) is -3.91. The van der Waals surface area contributed by atoms with E-state index < -0.39 is 47.0 Å². The maximum Gasteiger partial charge on any atom is 0.501 e. The Morgan fingerprint density at radius 3 is 2.05 bits per heavy atom. The highest BCUT2D eigenvalue weighted by atomic mass is 19.1. The van der Waals surface area contributed by atoms with Gasteiger partial charge in [0.2, 0.25) is 0 Å². The van der Waals surface area contributed by atoms with E-state index in [0.717, 1.165) is 0 Å². The minimum atomic E-state index is -1.25. The second-order valence-electron chi connectivity index (χ2n) is 5.92. The van der Waals surface area contributed by atoms with Crippen molar-refractivity contribution in [2.24, 2.45) is 0 Å². The topological polar surface area (TPSA) is 27.7 Å². The lowest BCUT2D eigenvalue weighted by molar-refractivity contribution is 0.00578. The van der Waals surface area contributed by atoms with Crippen LogP contribution in [0.25, 0.3) is 0 Å². The number of halogens is 3. The summed E-state index contributed by atoms with van der Waals surface area (Å²) in [5.41, 5.74) is -1.98. The Bertz CT molecular complexity index is 545. The molecule has 0 spiro atoms. The summed E-state index contributed by atoms with van der Waals surface area (Å²) in [6, 6.07) is 0.578. The fraction of sp³-hybridized carbons (Fsp3) is 0.571. The van der Waals surface area contributed by atoms with Crippen molar-refractivity contribution in [2.75, 3.05) is 6.61 Å². The van der Waals surface area contributed by atoms with Crippen LogP contribution in [0.5, 0.6) is 5.75 Å². The standard InChI is InChI=1S/C14H18BF3O3/c1-6-19-12-9(17)7-8(16)10(11(12)18)15-20-13(2,3)14(4,5)21-15/h7H,6H2,1-5H3. The van der Waals surface area contributed by atoms with Gasteiger partial charge in [0, 0.05) is 6.07 Å². The van der Waals surface area contributed by atoms with E-state index in [1.54, 1.807) is 34.6 Å². The molecule has 1 fully saturated rings. The Hall–Kier alpha value is -1.21. The molecule has 2 rings (SSSR count). The first-order valence-electron chi connectivity index (χ1n) is 6.76. The molecule has 0 N–H and O–H groups in total. The van der Waals surface area contributed by atoms with Gasteiger partial charge >= 0.3 is 7.12 Å². The smallest absolute Gasteiger partial charge is 0.488 e. The fourth-order valence-electron chi connectivity index (χ4n) is 2.04. The highest BCUT2D eigenvalue weighted by molar-refractivity contribution is 6.62. The quantitative estimate of drug-likeness (QED) is 0.804. The lowest BCUT2D eigenvalue weighted by Gasteiger charge is -2.32. The third-order valence-electron chi connectivity index (χ3n) is 3.94. The molecular weight excluding hydrogens is 284 g/mol. The van der Waals surface area contributed by atoms with Crippen molar-refractivity contribution in [2.45, 2.75) is 45.8 Å². The van der Waals surface area contributed by atoms with Crippen molar-refractivity contribution in [3.8, 4) is 5.75 Å². The molecule has 1 aromatic carbocycles. The van der Waals surface area contributed by atoms with Crippen LogP contribution < -0.4 is 10.2 Å². The molecule has 0 saturated carbocycles. The molecule has 0 aliphatic carbocycles. The van der Waals surface area contributed by atoms with E-state index in [4.69, 9.17) is 14.0 Å². The Morgan fingerprint density at radius 2 is 1.57 bits per heavy atom. The number of benzene rings is 1. The predicted octanol–water partition coefficient (Wildman–Crippen LogP) is 2.80. The van der Waals surface area contributed by atoms with Gasteiger partial charge in [0.05, 0.1) is 23.3 Å². The molecule has 1 aliphatic heterocycles. The molecule has 0 amide bonds. The van der Waals surface area contributed by atoms with Gasteiger partial charge in [-0.25, -0.2) is 13.2 Å². The third kappa shape index (κ3) is 2.64. The van der Waals surface area contributed by atoms with E-state index in [-0.39, 0.29) is 6.61 Å². The van der Waals surface area contributed by atoms with Crippen molar-refractivity contribution in [1.82, 2.24) is 0 Å². The molecule has 0 bridgehead atoms. The highest BCUT2D eigenvalue weighted by Crippen LogP contribution is 2.37. The molecule has 1 aromatic rings. The summed E-state index contributed by atoms with van der Waals surface area (Å²) < 4.78 is 58.1. The largest absolute Gasteiger partial charge is 0.501 e. The zero-order valence-electron chi connectivity index (χ0n) is 12.7. The zero-order valence-corrected chi connectivity index (χ0v) is 12.7. The molecule has 0 aromatic heterocycles. The SMILES string of the molecule is CCOc1c(F)cc(F)c(B2OC(C)(C)C(C)(C)O2)c1F. The second kappa shape index (κ2) is 5.21. The van der Waals surface area contributed by atoms with Gasteiger partial charge in [-0.05, 0) is 34.6 Å². The maximum absolute atomic E-state index is 14.4. The van der Waals surface area contributed by atoms with E-state index in [1.807, 2.05) is 0 Å². The van der Waals surface area contributed by atoms with Gasteiger partial charge in [-0.2, -0.15) is 0 Å².